The summed E-state index contributed by atoms with van der Waals surface area (Å²) >= 11 is 0. The lowest BCUT2D eigenvalue weighted by atomic mass is 10.2. The molecule has 0 aromatic heterocycles. The molecule has 0 bridgehead atoms. The van der Waals surface area contributed by atoms with E-state index in [1.807, 2.05) is 153 Å². The van der Waals surface area contributed by atoms with Crippen LogP contribution in [-0.4, -0.2) is 588 Å². The van der Waals surface area contributed by atoms with Gasteiger partial charge < -0.3 is 213 Å². The Balaban J connectivity index is -0.000000204. The van der Waals surface area contributed by atoms with Crippen molar-refractivity contribution in [2.24, 2.45) is 0 Å². The molecule has 0 aliphatic heterocycles. The standard InChI is InChI=1S/C13H27NO5.C12H25NO4.C11H24N2O4.C11H23NO5.C10H22N2O3.C10H21NO5.C10H21NO4.C10H21NO3.C9H20N2O3/c1-4-5-14(6-7-15,9-13(17)18)8-12(16)10-19-11(2)3;1-4-5-13(6-8-14,10-12(15)16)7-9-17-11(2)3;1-10(2)12-3-4-13(5-7-14,6-8-15)9-11(16)17;1-9(2)17-8-10(14)6-12(3,4-5-13)7-11(15)16;1-9(2)11-4-5-12(3,6-7-13)8-10(14)15;1-8(2)16-7-9(13)5-11(3-4-12)6-10(14)15;1-9(2)15-7-5-11(3,4-6-12)8-10(13)14;1-9(2)14-7-5-11(4-6-12)8-10(3)13;1-8(2)10-3-4-11(5-6-12)7-9(13)14/h11-12,15-16H,4-10H2,1-3H3;11,14H,4-10H2,1-3H3;10,12,14-15H,3-9H2,1-2H3;9-10,13-14H,4-8H2,1-3H3;9,11,13H,4-8H2,1-3H3;8-9,12-13H,3-7H2,1-2H3,(H,14,15);9,12H,4-8H2,1-3H3;9,12-13H,3-8H2,1-2H3;8,10,12H,3-7H2,1-2H3,(H,13,14)/p+6. The van der Waals surface area contributed by atoms with Crippen molar-refractivity contribution < 1.29 is 221 Å². The van der Waals surface area contributed by atoms with Crippen molar-refractivity contribution in [3.63, 3.8) is 0 Å². The number of hydrogen-bond acceptors (Lipinski definition) is 34. The summed E-state index contributed by atoms with van der Waals surface area (Å²) in [6.45, 7) is 56.6. The maximum atomic E-state index is 10.9. The molecule has 48 heteroatoms. The number of nitrogens with one attached hydrogen (secondary N) is 6. The van der Waals surface area contributed by atoms with Gasteiger partial charge in [0.15, 0.2) is 32.7 Å². The number of carboxylic acids is 8. The molecule has 11 atom stereocenters. The van der Waals surface area contributed by atoms with E-state index in [4.69, 9.17) is 110 Å². The molecule has 0 saturated carbocycles. The second-order valence-electron chi connectivity index (χ2n) is 39.4. The van der Waals surface area contributed by atoms with Gasteiger partial charge in [-0.2, -0.15) is 0 Å². The second-order valence-corrected chi connectivity index (χ2v) is 39.4. The van der Waals surface area contributed by atoms with Crippen LogP contribution < -0.4 is 46.0 Å². The number of carboxylic acid groups (broad SMARTS) is 8. The molecule has 864 valence electrons. The van der Waals surface area contributed by atoms with Gasteiger partial charge in [0.1, 0.15) is 155 Å². The molecular weight excluding hydrogens is 1900 g/mol. The van der Waals surface area contributed by atoms with Gasteiger partial charge in [-0.1, -0.05) is 62.0 Å². The quantitative estimate of drug-likeness (QED) is 0.0199. The molecule has 48 nitrogen and oxygen atoms in total. The van der Waals surface area contributed by atoms with Crippen LogP contribution in [0.3, 0.4) is 0 Å². The van der Waals surface area contributed by atoms with Crippen molar-refractivity contribution in [1.29, 1.82) is 0 Å². The summed E-state index contributed by atoms with van der Waals surface area (Å²) in [6, 6.07) is 1.15. The Hall–Kier alpha value is -5.94. The summed E-state index contributed by atoms with van der Waals surface area (Å²) in [6.07, 6.45) is 0.00946. The Bertz CT molecular complexity index is 2940. The topological polar surface area (TPSA) is 695 Å². The highest BCUT2D eigenvalue weighted by molar-refractivity contribution is 5.69. The van der Waals surface area contributed by atoms with Crippen LogP contribution in [0.25, 0.3) is 0 Å². The Morgan fingerprint density at radius 3 is 0.958 bits per heavy atom. The number of likely N-dealkylation sites (N-methyl/N-ethyl adjacent to an activating group) is 3. The van der Waals surface area contributed by atoms with Crippen LogP contribution in [0.5, 0.6) is 0 Å². The number of hydrogen-bond donors (Lipinski definition) is 25. The lowest BCUT2D eigenvalue weighted by molar-refractivity contribution is -0.926. The first kappa shape index (κ1) is 156. The highest BCUT2D eigenvalue weighted by Crippen LogP contribution is 2.14. The molecule has 0 fully saturated rings. The van der Waals surface area contributed by atoms with Crippen LogP contribution in [0.2, 0.25) is 0 Å². The van der Waals surface area contributed by atoms with Crippen molar-refractivity contribution in [1.82, 2.24) is 16.0 Å². The second kappa shape index (κ2) is 96.6. The normalized spacial score (nSPS) is 14.7. The number of aliphatic carboxylic acids is 8. The third-order valence-electron chi connectivity index (χ3n) is 21.2. The molecule has 0 aliphatic carbocycles. The number of rotatable bonds is 81. The highest BCUT2D eigenvalue weighted by atomic mass is 16.5. The van der Waals surface area contributed by atoms with Crippen LogP contribution in [-0.2, 0) is 66.8 Å². The number of nitrogens with zero attached hydrogens (tertiary/aromatic N) is 6. The van der Waals surface area contributed by atoms with E-state index >= 15 is 0 Å². The maximum Gasteiger partial charge on any atom is 0.359 e. The number of carbonyl (C=O) groups is 8. The van der Waals surface area contributed by atoms with E-state index in [0.717, 1.165) is 55.4 Å². The van der Waals surface area contributed by atoms with Gasteiger partial charge >= 0.3 is 29.8 Å². The maximum absolute atomic E-state index is 10.9. The third kappa shape index (κ3) is 110. The van der Waals surface area contributed by atoms with Gasteiger partial charge in [0, 0.05) is 37.8 Å². The van der Waals surface area contributed by atoms with Crippen molar-refractivity contribution in [2.75, 3.05) is 343 Å². The summed E-state index contributed by atoms with van der Waals surface area (Å²) < 4.78 is 33.4. The molecule has 0 aliphatic rings. The van der Waals surface area contributed by atoms with E-state index in [0.29, 0.717) is 154 Å². The first-order valence-corrected chi connectivity index (χ1v) is 50.6. The fourth-order valence-electron chi connectivity index (χ4n) is 14.4. The van der Waals surface area contributed by atoms with E-state index < -0.39 is 66.1 Å². The fourth-order valence-corrected chi connectivity index (χ4v) is 14.4. The number of aliphatic hydroxyl groups excluding tert-OH is 14. The van der Waals surface area contributed by atoms with E-state index in [9.17, 15) is 69.0 Å². The summed E-state index contributed by atoms with van der Waals surface area (Å²) in [5.74, 6) is -7.63. The first-order valence-electron chi connectivity index (χ1n) is 50.6. The molecule has 0 amide bonds. The van der Waals surface area contributed by atoms with Crippen LogP contribution in [0.15, 0.2) is 12.3 Å². The highest BCUT2D eigenvalue weighted by Gasteiger charge is 2.34. The molecule has 11 unspecified atom stereocenters. The van der Waals surface area contributed by atoms with Crippen LogP contribution in [0.4, 0.5) is 0 Å². The summed E-state index contributed by atoms with van der Waals surface area (Å²) in [5, 5.41) is 213. The first-order chi connectivity index (χ1) is 66.9. The Kier molecular flexibility index (Phi) is 104. The molecule has 0 saturated heterocycles. The minimum atomic E-state index is -1.20. The molecule has 0 spiro atoms. The largest absolute Gasteiger partial charge is 0.544 e. The lowest BCUT2D eigenvalue weighted by Crippen LogP contribution is -3.15. The van der Waals surface area contributed by atoms with Gasteiger partial charge in [0.2, 0.25) is 0 Å². The van der Waals surface area contributed by atoms with E-state index in [1.165, 1.54) is 0 Å². The van der Waals surface area contributed by atoms with E-state index in [-0.39, 0.29) is 227 Å². The van der Waals surface area contributed by atoms with Crippen molar-refractivity contribution >= 4 is 47.8 Å². The zero-order valence-corrected chi connectivity index (χ0v) is 92.3. The average Bonchev–Trinajstić information content (AvgIpc) is 0.859. The molecule has 0 heterocycles. The molecule has 0 radical (unpaired) electrons. The monoisotopic (exact) mass is 2110 g/mol. The summed E-state index contributed by atoms with van der Waals surface area (Å²) in [4.78, 5) is 88.0. The van der Waals surface area contributed by atoms with Gasteiger partial charge in [-0.05, 0) is 95.9 Å². The fraction of sp³-hybridized carbons (Fsp3) is 0.896. The van der Waals surface area contributed by atoms with Crippen LogP contribution >= 0.6 is 0 Å². The molecule has 0 aromatic carbocycles. The molecule has 144 heavy (non-hydrogen) atoms. The molecule has 0 aromatic rings. The average molecular weight is 2110 g/mol. The lowest BCUT2D eigenvalue weighted by Gasteiger charge is -2.39. The Morgan fingerprint density at radius 2 is 0.618 bits per heavy atom. The van der Waals surface area contributed by atoms with E-state index in [1.54, 1.807) is 7.05 Å². The molecular formula is C96H210N12O36+6. The van der Waals surface area contributed by atoms with Crippen molar-refractivity contribution in [2.45, 2.75) is 224 Å². The number of carbonyl (C=O) groups excluding carboxylic acids is 3. The minimum Gasteiger partial charge on any atom is -0.544 e. The van der Waals surface area contributed by atoms with Gasteiger partial charge in [-0.3, -0.25) is 0 Å². The van der Waals surface area contributed by atoms with Crippen LogP contribution in [0.1, 0.15) is 151 Å². The summed E-state index contributed by atoms with van der Waals surface area (Å²) in [5.41, 5.74) is 0. The van der Waals surface area contributed by atoms with Gasteiger partial charge in [-0.15, -0.1) is 0 Å². The zero-order chi connectivity index (χ0) is 113. The smallest absolute Gasteiger partial charge is 0.359 e. The Labute approximate surface area is 860 Å². The molecule has 25 N–H and O–H groups in total. The van der Waals surface area contributed by atoms with Crippen molar-refractivity contribution in [3.8, 4) is 0 Å². The predicted molar refractivity (Wildman–Crippen MR) is 539 cm³/mol. The number of ether oxygens (including phenoxy) is 6. The third-order valence-corrected chi connectivity index (χ3v) is 21.2. The van der Waals surface area contributed by atoms with Crippen molar-refractivity contribution in [3.05, 3.63) is 12.3 Å². The number of quaternary nitrogens is 9. The van der Waals surface area contributed by atoms with Gasteiger partial charge in [0.05, 0.1) is 214 Å². The van der Waals surface area contributed by atoms with Gasteiger partial charge in [0.25, 0.3) is 0 Å². The van der Waals surface area contributed by atoms with Gasteiger partial charge in [-0.25, -0.2) is 24.0 Å². The predicted octanol–water partition coefficient (Wildman–Crippen LogP) is -10.6. The zero-order valence-electron chi connectivity index (χ0n) is 92.3. The molecule has 0 rings (SSSR count). The SMILES string of the molecule is C=C(O)C[NH+](CCO)CCOC(C)C.CC(C)NCC[N+](C)(CCO)CC(=O)O.CC(C)NCC[N+](CCO)(CCO)CC(=O)O.CC(C)NCC[NH+](CCO)CC(=O)O.CC(C)OCC(O)C[N+](C)(CCO)CC(=O)[O-].CC(C)OCC(O)C[NH+](CCO)CC(=O)[O-].CC(C)OCC[N+](C)(CCO)CC(=O)O.CCC[N+](CCO)(CC(=O)[O-])CC(O)COC(C)C.CCC[N+](CCO)(CCOC(C)C)CC(=O)O. The van der Waals surface area contributed by atoms with Crippen LogP contribution in [0, 0.1) is 0 Å². The minimum absolute atomic E-state index is 0.00847. The number of aliphatic hydroxyl groups is 14. The summed E-state index contributed by atoms with van der Waals surface area (Å²) in [7, 11) is 5.32. The Morgan fingerprint density at radius 1 is 0.299 bits per heavy atom. The van der Waals surface area contributed by atoms with E-state index in [2.05, 4.69) is 22.5 Å².